The molecule has 2 rings (SSSR count). The second-order valence-corrected chi connectivity index (χ2v) is 5.61. The van der Waals surface area contributed by atoms with Crippen LogP contribution in [0.4, 0.5) is 11.4 Å². The monoisotopic (exact) mass is 387 g/mol. The van der Waals surface area contributed by atoms with Crippen LogP contribution in [-0.4, -0.2) is 30.2 Å². The largest absolute Gasteiger partial charge is 0.493 e. The number of nitro benzene ring substituents is 1. The van der Waals surface area contributed by atoms with Gasteiger partial charge in [-0.05, 0) is 42.1 Å². The molecule has 0 atom stereocenters. The number of nitrogens with one attached hydrogen (secondary N) is 2. The summed E-state index contributed by atoms with van der Waals surface area (Å²) in [4.78, 5) is 22.2. The first-order valence-electron chi connectivity index (χ1n) is 7.69. The van der Waals surface area contributed by atoms with Crippen molar-refractivity contribution in [2.24, 2.45) is 0 Å². The Morgan fingerprint density at radius 2 is 1.89 bits per heavy atom. The standard InChI is InChI=1S/C18H17N3O5S/c1-25-15-8-6-12(10-16(15)26-2)7-9-17(22)20-18(27)19-13-4-3-5-14(11-13)21(23)24/h3-11H,1-2H3,(H2,19,20,22,27). The zero-order valence-electron chi connectivity index (χ0n) is 14.6. The minimum absolute atomic E-state index is 0.0254. The highest BCUT2D eigenvalue weighted by atomic mass is 32.1. The molecule has 8 nitrogen and oxygen atoms in total. The number of nitro groups is 1. The number of nitrogens with zero attached hydrogens (tertiary/aromatic N) is 1. The number of rotatable bonds is 6. The Labute approximate surface area is 160 Å². The third-order valence-corrected chi connectivity index (χ3v) is 3.59. The van der Waals surface area contributed by atoms with E-state index in [-0.39, 0.29) is 10.8 Å². The van der Waals surface area contributed by atoms with Crippen molar-refractivity contribution in [2.45, 2.75) is 0 Å². The Bertz CT molecular complexity index is 898. The van der Waals surface area contributed by atoms with E-state index < -0.39 is 10.8 Å². The predicted octanol–water partition coefficient (Wildman–Crippen LogP) is 3.14. The predicted molar refractivity (Wildman–Crippen MR) is 106 cm³/mol. The van der Waals surface area contributed by atoms with Crippen LogP contribution in [0.3, 0.4) is 0 Å². The van der Waals surface area contributed by atoms with E-state index in [2.05, 4.69) is 10.6 Å². The molecule has 0 bridgehead atoms. The molecule has 0 spiro atoms. The first-order chi connectivity index (χ1) is 12.9. The van der Waals surface area contributed by atoms with Crippen molar-refractivity contribution in [3.05, 3.63) is 64.2 Å². The van der Waals surface area contributed by atoms with E-state index in [1.165, 1.54) is 38.5 Å². The van der Waals surface area contributed by atoms with Gasteiger partial charge in [0, 0.05) is 23.9 Å². The molecule has 9 heteroatoms. The van der Waals surface area contributed by atoms with Crippen molar-refractivity contribution in [3.63, 3.8) is 0 Å². The smallest absolute Gasteiger partial charge is 0.271 e. The highest BCUT2D eigenvalue weighted by Crippen LogP contribution is 2.27. The van der Waals surface area contributed by atoms with Crippen molar-refractivity contribution in [3.8, 4) is 11.5 Å². The van der Waals surface area contributed by atoms with E-state index in [9.17, 15) is 14.9 Å². The van der Waals surface area contributed by atoms with Crippen molar-refractivity contribution in [2.75, 3.05) is 19.5 Å². The van der Waals surface area contributed by atoms with Crippen LogP contribution < -0.4 is 20.1 Å². The molecule has 0 aromatic heterocycles. The first-order valence-corrected chi connectivity index (χ1v) is 8.10. The average molecular weight is 387 g/mol. The topological polar surface area (TPSA) is 103 Å². The van der Waals surface area contributed by atoms with Crippen LogP contribution in [0.1, 0.15) is 5.56 Å². The first kappa shape index (κ1) is 19.9. The average Bonchev–Trinajstić information content (AvgIpc) is 2.66. The molecule has 0 aliphatic heterocycles. The Morgan fingerprint density at radius 1 is 1.15 bits per heavy atom. The molecule has 2 aromatic carbocycles. The Balaban J connectivity index is 1.97. The van der Waals surface area contributed by atoms with Gasteiger partial charge in [-0.25, -0.2) is 0 Å². The second-order valence-electron chi connectivity index (χ2n) is 5.20. The molecule has 27 heavy (non-hydrogen) atoms. The highest BCUT2D eigenvalue weighted by Gasteiger charge is 2.08. The maximum Gasteiger partial charge on any atom is 0.271 e. The fourth-order valence-electron chi connectivity index (χ4n) is 2.14. The summed E-state index contributed by atoms with van der Waals surface area (Å²) in [6.07, 6.45) is 2.90. The second kappa shape index (κ2) is 9.30. The van der Waals surface area contributed by atoms with Gasteiger partial charge in [0.05, 0.1) is 19.1 Å². The van der Waals surface area contributed by atoms with Crippen LogP contribution in [0.15, 0.2) is 48.5 Å². The summed E-state index contributed by atoms with van der Waals surface area (Å²) in [5, 5.41) is 16.0. The number of amides is 1. The number of carbonyl (C=O) groups is 1. The summed E-state index contributed by atoms with van der Waals surface area (Å²) in [5.41, 5.74) is 1.06. The van der Waals surface area contributed by atoms with E-state index >= 15 is 0 Å². The van der Waals surface area contributed by atoms with E-state index in [0.29, 0.717) is 17.2 Å². The molecule has 2 aromatic rings. The lowest BCUT2D eigenvalue weighted by atomic mass is 10.2. The third-order valence-electron chi connectivity index (χ3n) is 3.39. The Kier molecular flexibility index (Phi) is 6.84. The zero-order valence-corrected chi connectivity index (χ0v) is 15.4. The summed E-state index contributed by atoms with van der Waals surface area (Å²) in [6.45, 7) is 0. The van der Waals surface area contributed by atoms with Crippen LogP contribution in [0.5, 0.6) is 11.5 Å². The van der Waals surface area contributed by atoms with Gasteiger partial charge in [-0.1, -0.05) is 12.1 Å². The van der Waals surface area contributed by atoms with Crippen LogP contribution in [-0.2, 0) is 4.79 Å². The van der Waals surface area contributed by atoms with Gasteiger partial charge in [0.25, 0.3) is 5.69 Å². The molecule has 2 N–H and O–H groups in total. The van der Waals surface area contributed by atoms with Crippen molar-refractivity contribution in [1.82, 2.24) is 5.32 Å². The lowest BCUT2D eigenvalue weighted by Crippen LogP contribution is -2.32. The van der Waals surface area contributed by atoms with Crippen molar-refractivity contribution >= 4 is 40.7 Å². The van der Waals surface area contributed by atoms with Gasteiger partial charge in [-0.2, -0.15) is 0 Å². The summed E-state index contributed by atoms with van der Waals surface area (Å²) < 4.78 is 10.4. The van der Waals surface area contributed by atoms with E-state index in [1.54, 1.807) is 30.3 Å². The molecule has 0 saturated heterocycles. The number of non-ortho nitro benzene ring substituents is 1. The maximum atomic E-state index is 12.0. The summed E-state index contributed by atoms with van der Waals surface area (Å²) >= 11 is 5.04. The van der Waals surface area contributed by atoms with Crippen LogP contribution in [0.25, 0.3) is 6.08 Å². The Morgan fingerprint density at radius 3 is 2.56 bits per heavy atom. The summed E-state index contributed by atoms with van der Waals surface area (Å²) in [5.74, 6) is 0.678. The molecular formula is C18H17N3O5S. The van der Waals surface area contributed by atoms with E-state index in [0.717, 1.165) is 5.56 Å². The lowest BCUT2D eigenvalue weighted by molar-refractivity contribution is -0.384. The number of anilines is 1. The molecule has 0 aliphatic carbocycles. The van der Waals surface area contributed by atoms with Gasteiger partial charge >= 0.3 is 0 Å². The lowest BCUT2D eigenvalue weighted by Gasteiger charge is -2.08. The van der Waals surface area contributed by atoms with Crippen LogP contribution in [0.2, 0.25) is 0 Å². The number of thiocarbonyl (C=S) groups is 1. The Hall–Kier alpha value is -3.46. The minimum atomic E-state index is -0.515. The molecule has 0 heterocycles. The molecule has 0 aliphatic rings. The van der Waals surface area contributed by atoms with Gasteiger partial charge in [0.1, 0.15) is 0 Å². The molecular weight excluding hydrogens is 370 g/mol. The van der Waals surface area contributed by atoms with E-state index in [4.69, 9.17) is 21.7 Å². The van der Waals surface area contributed by atoms with E-state index in [1.807, 2.05) is 0 Å². The number of ether oxygens (including phenoxy) is 2. The maximum absolute atomic E-state index is 12.0. The fraction of sp³-hybridized carbons (Fsp3) is 0.111. The molecule has 0 saturated carbocycles. The van der Waals surface area contributed by atoms with Crippen molar-refractivity contribution < 1.29 is 19.2 Å². The molecule has 0 unspecified atom stereocenters. The molecule has 140 valence electrons. The third kappa shape index (κ3) is 5.79. The van der Waals surface area contributed by atoms with Crippen molar-refractivity contribution in [1.29, 1.82) is 0 Å². The zero-order chi connectivity index (χ0) is 19.8. The normalized spacial score (nSPS) is 10.3. The van der Waals surface area contributed by atoms with Crippen LogP contribution in [0, 0.1) is 10.1 Å². The summed E-state index contributed by atoms with van der Waals surface area (Å²) in [6, 6.07) is 11.0. The SMILES string of the molecule is COc1ccc(C=CC(=O)NC(=S)Nc2cccc([N+](=O)[O-])c2)cc1OC. The highest BCUT2D eigenvalue weighted by molar-refractivity contribution is 7.80. The van der Waals surface area contributed by atoms with Gasteiger partial charge in [-0.15, -0.1) is 0 Å². The minimum Gasteiger partial charge on any atom is -0.493 e. The van der Waals surface area contributed by atoms with Gasteiger partial charge in [0.15, 0.2) is 16.6 Å². The summed E-state index contributed by atoms with van der Waals surface area (Å²) in [7, 11) is 3.06. The number of hydrogen-bond donors (Lipinski definition) is 2. The number of carbonyl (C=O) groups excluding carboxylic acids is 1. The molecule has 0 fully saturated rings. The number of methoxy groups -OCH3 is 2. The quantitative estimate of drug-likeness (QED) is 0.340. The van der Waals surface area contributed by atoms with Gasteiger partial charge in [-0.3, -0.25) is 20.2 Å². The molecule has 0 radical (unpaired) electrons. The molecule has 1 amide bonds. The van der Waals surface area contributed by atoms with Gasteiger partial charge in [0.2, 0.25) is 5.91 Å². The van der Waals surface area contributed by atoms with Crippen LogP contribution >= 0.6 is 12.2 Å². The number of benzene rings is 2. The number of hydrogen-bond acceptors (Lipinski definition) is 6. The van der Waals surface area contributed by atoms with Gasteiger partial charge < -0.3 is 14.8 Å². The fourth-order valence-corrected chi connectivity index (χ4v) is 2.36.